The van der Waals surface area contributed by atoms with Gasteiger partial charge in [0.25, 0.3) is 5.56 Å². The largest absolute Gasteiger partial charge is 0.376 e. The van der Waals surface area contributed by atoms with Crippen LogP contribution >= 0.6 is 11.6 Å². The highest BCUT2D eigenvalue weighted by molar-refractivity contribution is 6.20. The molecule has 112 valence electrons. The molecule has 0 N–H and O–H groups in total. The molecule has 4 nitrogen and oxygen atoms in total. The molecule has 1 aromatic heterocycles. The molecule has 1 aliphatic heterocycles. The van der Waals surface area contributed by atoms with Crippen molar-refractivity contribution < 1.29 is 4.74 Å². The maximum absolute atomic E-state index is 12.9. The van der Waals surface area contributed by atoms with E-state index in [2.05, 4.69) is 4.98 Å². The van der Waals surface area contributed by atoms with Crippen molar-refractivity contribution in [2.45, 2.75) is 44.2 Å². The summed E-state index contributed by atoms with van der Waals surface area (Å²) in [6.07, 6.45) is 2.06. The Labute approximate surface area is 128 Å². The molecular weight excluding hydrogens is 288 g/mol. The molecule has 21 heavy (non-hydrogen) atoms. The van der Waals surface area contributed by atoms with Crippen molar-refractivity contribution in [1.82, 2.24) is 9.55 Å². The second-order valence-corrected chi connectivity index (χ2v) is 6.23. The van der Waals surface area contributed by atoms with Gasteiger partial charge in [-0.3, -0.25) is 9.36 Å². The quantitative estimate of drug-likeness (QED) is 0.816. The number of nitrogens with zero attached hydrogens (tertiary/aromatic N) is 2. The average molecular weight is 307 g/mol. The van der Waals surface area contributed by atoms with E-state index in [0.29, 0.717) is 16.7 Å². The van der Waals surface area contributed by atoms with E-state index in [0.717, 1.165) is 19.4 Å². The Morgan fingerprint density at radius 2 is 2.14 bits per heavy atom. The minimum Gasteiger partial charge on any atom is -0.376 e. The van der Waals surface area contributed by atoms with E-state index in [1.807, 2.05) is 38.1 Å². The van der Waals surface area contributed by atoms with Crippen LogP contribution in [0.5, 0.6) is 0 Å². The van der Waals surface area contributed by atoms with Gasteiger partial charge in [0.05, 0.1) is 28.4 Å². The second-order valence-electron chi connectivity index (χ2n) is 5.57. The van der Waals surface area contributed by atoms with Gasteiger partial charge >= 0.3 is 0 Å². The number of aromatic nitrogens is 2. The molecule has 0 radical (unpaired) electrons. The minimum absolute atomic E-state index is 0.0360. The van der Waals surface area contributed by atoms with Crippen LogP contribution in [0.15, 0.2) is 29.1 Å². The molecule has 0 aliphatic carbocycles. The third kappa shape index (κ3) is 2.58. The number of hydrogen-bond donors (Lipinski definition) is 0. The topological polar surface area (TPSA) is 44.1 Å². The van der Waals surface area contributed by atoms with E-state index in [-0.39, 0.29) is 23.1 Å². The first kappa shape index (κ1) is 14.5. The number of fused-ring (bicyclic) bond motifs is 1. The third-order valence-corrected chi connectivity index (χ3v) is 4.30. The Bertz CT molecular complexity index is 705. The first-order valence-electron chi connectivity index (χ1n) is 7.36. The van der Waals surface area contributed by atoms with Gasteiger partial charge in [-0.1, -0.05) is 12.1 Å². The summed E-state index contributed by atoms with van der Waals surface area (Å²) in [5.74, 6) is 0.614. The van der Waals surface area contributed by atoms with Crippen LogP contribution in [0, 0.1) is 0 Å². The summed E-state index contributed by atoms with van der Waals surface area (Å²) < 4.78 is 7.46. The molecule has 1 fully saturated rings. The highest BCUT2D eigenvalue weighted by atomic mass is 35.5. The molecule has 2 heterocycles. The molecule has 0 amide bonds. The number of alkyl halides is 1. The highest BCUT2D eigenvalue weighted by Gasteiger charge is 2.28. The van der Waals surface area contributed by atoms with Gasteiger partial charge in [0.2, 0.25) is 0 Å². The van der Waals surface area contributed by atoms with Crippen molar-refractivity contribution in [3.8, 4) is 0 Å². The molecule has 0 bridgehead atoms. The van der Waals surface area contributed by atoms with Gasteiger partial charge in [-0.25, -0.2) is 4.98 Å². The standard InChI is InChI=1S/C16H19ClN2O2/c1-10(17)15-18-13-7-4-3-6-12(13)16(20)19(15)11(2)14-8-5-9-21-14/h3-4,6-7,10-11,14H,5,8-9H2,1-2H3. The van der Waals surface area contributed by atoms with Crippen LogP contribution in [0.4, 0.5) is 0 Å². The second kappa shape index (κ2) is 5.78. The van der Waals surface area contributed by atoms with Gasteiger partial charge in [-0.05, 0) is 38.8 Å². The lowest BCUT2D eigenvalue weighted by atomic mass is 10.1. The van der Waals surface area contributed by atoms with E-state index in [1.165, 1.54) is 0 Å². The van der Waals surface area contributed by atoms with E-state index in [1.54, 1.807) is 4.57 Å². The number of benzene rings is 1. The van der Waals surface area contributed by atoms with Crippen LogP contribution < -0.4 is 5.56 Å². The van der Waals surface area contributed by atoms with Crippen LogP contribution in [0.2, 0.25) is 0 Å². The van der Waals surface area contributed by atoms with Crippen LogP contribution in [0.3, 0.4) is 0 Å². The smallest absolute Gasteiger partial charge is 0.261 e. The summed E-state index contributed by atoms with van der Waals surface area (Å²) in [4.78, 5) is 17.5. The van der Waals surface area contributed by atoms with Gasteiger partial charge in [-0.15, -0.1) is 11.6 Å². The molecule has 0 saturated carbocycles. The SMILES string of the molecule is CC(Cl)c1nc2ccccc2c(=O)n1C(C)C1CCCO1. The molecule has 5 heteroatoms. The fourth-order valence-electron chi connectivity index (χ4n) is 2.99. The molecule has 1 saturated heterocycles. The molecule has 3 rings (SSSR count). The number of ether oxygens (including phenoxy) is 1. The first-order valence-corrected chi connectivity index (χ1v) is 7.80. The average Bonchev–Trinajstić information content (AvgIpc) is 3.00. The maximum atomic E-state index is 12.9. The Morgan fingerprint density at radius 3 is 2.81 bits per heavy atom. The van der Waals surface area contributed by atoms with Crippen molar-refractivity contribution in [1.29, 1.82) is 0 Å². The number of rotatable bonds is 3. The van der Waals surface area contributed by atoms with Gasteiger partial charge < -0.3 is 4.74 Å². The summed E-state index contributed by atoms with van der Waals surface area (Å²) in [5.41, 5.74) is 0.659. The number of para-hydroxylation sites is 1. The monoisotopic (exact) mass is 306 g/mol. The Kier molecular flexibility index (Phi) is 4.00. The maximum Gasteiger partial charge on any atom is 0.261 e. The van der Waals surface area contributed by atoms with Crippen molar-refractivity contribution in [3.05, 3.63) is 40.4 Å². The highest BCUT2D eigenvalue weighted by Crippen LogP contribution is 2.27. The van der Waals surface area contributed by atoms with E-state index >= 15 is 0 Å². The fraction of sp³-hybridized carbons (Fsp3) is 0.500. The summed E-state index contributed by atoms with van der Waals surface area (Å²) >= 11 is 6.27. The summed E-state index contributed by atoms with van der Waals surface area (Å²) in [6, 6.07) is 7.34. The molecule has 3 unspecified atom stereocenters. The van der Waals surface area contributed by atoms with E-state index in [4.69, 9.17) is 16.3 Å². The summed E-state index contributed by atoms with van der Waals surface area (Å²) in [5, 5.41) is 0.301. The molecule has 3 atom stereocenters. The van der Waals surface area contributed by atoms with Crippen molar-refractivity contribution >= 4 is 22.5 Å². The predicted octanol–water partition coefficient (Wildman–Crippen LogP) is 3.44. The van der Waals surface area contributed by atoms with E-state index < -0.39 is 0 Å². The van der Waals surface area contributed by atoms with Crippen molar-refractivity contribution in [2.75, 3.05) is 6.61 Å². The Balaban J connectivity index is 2.21. The number of halogens is 1. The zero-order chi connectivity index (χ0) is 15.0. The molecule has 1 aliphatic rings. The zero-order valence-corrected chi connectivity index (χ0v) is 13.0. The minimum atomic E-state index is -0.328. The summed E-state index contributed by atoms with van der Waals surface area (Å²) in [6.45, 7) is 4.62. The van der Waals surface area contributed by atoms with Gasteiger partial charge in [-0.2, -0.15) is 0 Å². The predicted molar refractivity (Wildman–Crippen MR) is 84.0 cm³/mol. The Hall–Kier alpha value is -1.39. The van der Waals surface area contributed by atoms with Crippen LogP contribution in [-0.2, 0) is 4.74 Å². The number of hydrogen-bond acceptors (Lipinski definition) is 3. The zero-order valence-electron chi connectivity index (χ0n) is 12.3. The van der Waals surface area contributed by atoms with E-state index in [9.17, 15) is 4.79 Å². The van der Waals surface area contributed by atoms with Gasteiger partial charge in [0.1, 0.15) is 5.82 Å². The fourth-order valence-corrected chi connectivity index (χ4v) is 3.14. The summed E-state index contributed by atoms with van der Waals surface area (Å²) in [7, 11) is 0. The third-order valence-electron chi connectivity index (χ3n) is 4.10. The van der Waals surface area contributed by atoms with Gasteiger partial charge in [0, 0.05) is 6.61 Å². The van der Waals surface area contributed by atoms with Crippen molar-refractivity contribution in [3.63, 3.8) is 0 Å². The van der Waals surface area contributed by atoms with Crippen molar-refractivity contribution in [2.24, 2.45) is 0 Å². The Morgan fingerprint density at radius 1 is 1.38 bits per heavy atom. The molecular formula is C16H19ClN2O2. The lowest BCUT2D eigenvalue weighted by Gasteiger charge is -2.25. The normalized spacial score (nSPS) is 21.6. The first-order chi connectivity index (χ1) is 10.1. The van der Waals surface area contributed by atoms with Crippen LogP contribution in [0.1, 0.15) is 43.9 Å². The van der Waals surface area contributed by atoms with Crippen LogP contribution in [0.25, 0.3) is 10.9 Å². The molecule has 0 spiro atoms. The lowest BCUT2D eigenvalue weighted by molar-refractivity contribution is 0.0709. The molecule has 2 aromatic rings. The van der Waals surface area contributed by atoms with Gasteiger partial charge in [0.15, 0.2) is 0 Å². The molecule has 1 aromatic carbocycles. The lowest BCUT2D eigenvalue weighted by Crippen LogP contribution is -2.34. The van der Waals surface area contributed by atoms with Crippen LogP contribution in [-0.4, -0.2) is 22.3 Å².